The number of rotatable bonds is 2. The molecule has 0 aliphatic carbocycles. The van der Waals surface area contributed by atoms with Crippen LogP contribution in [0.1, 0.15) is 16.2 Å². The number of aryl methyl sites for hydroxylation is 1. The number of nitrogens with zero attached hydrogens (tertiary/aromatic N) is 2. The molecule has 2 rings (SSSR count). The molecule has 0 saturated heterocycles. The van der Waals surface area contributed by atoms with E-state index in [2.05, 4.69) is 9.97 Å². The molecule has 3 nitrogen and oxygen atoms in total. The van der Waals surface area contributed by atoms with Gasteiger partial charge in [-0.1, -0.05) is 6.07 Å². The number of carbonyl (C=O) groups is 1. The zero-order valence-corrected chi connectivity index (χ0v) is 8.64. The van der Waals surface area contributed by atoms with Gasteiger partial charge in [-0.05, 0) is 24.6 Å². The lowest BCUT2D eigenvalue weighted by atomic mass is 10.0. The predicted octanol–water partition coefficient (Wildman–Crippen LogP) is 2.40. The van der Waals surface area contributed by atoms with Gasteiger partial charge in [0.25, 0.3) is 0 Å². The van der Waals surface area contributed by atoms with Gasteiger partial charge in [0.05, 0.1) is 0 Å². The average Bonchev–Trinajstić information content (AvgIpc) is 2.30. The van der Waals surface area contributed by atoms with E-state index in [1.165, 1.54) is 12.1 Å². The molecule has 0 bridgehead atoms. The van der Waals surface area contributed by atoms with E-state index in [0.717, 1.165) is 0 Å². The van der Waals surface area contributed by atoms with Gasteiger partial charge < -0.3 is 0 Å². The third-order valence-corrected chi connectivity index (χ3v) is 2.23. The monoisotopic (exact) mass is 216 g/mol. The summed E-state index contributed by atoms with van der Waals surface area (Å²) in [7, 11) is 0. The van der Waals surface area contributed by atoms with Gasteiger partial charge >= 0.3 is 0 Å². The summed E-state index contributed by atoms with van der Waals surface area (Å²) >= 11 is 0. The number of aldehydes is 1. The highest BCUT2D eigenvalue weighted by atomic mass is 19.1. The quantitative estimate of drug-likeness (QED) is 0.724. The maximum absolute atomic E-state index is 12.9. The molecule has 2 aromatic rings. The van der Waals surface area contributed by atoms with Gasteiger partial charge in [-0.3, -0.25) is 4.79 Å². The zero-order valence-electron chi connectivity index (χ0n) is 8.64. The Kier molecular flexibility index (Phi) is 2.72. The van der Waals surface area contributed by atoms with E-state index in [4.69, 9.17) is 0 Å². The molecule has 1 heterocycles. The van der Waals surface area contributed by atoms with E-state index in [9.17, 15) is 9.18 Å². The maximum Gasteiger partial charge on any atom is 0.150 e. The van der Waals surface area contributed by atoms with Crippen LogP contribution >= 0.6 is 0 Å². The van der Waals surface area contributed by atoms with E-state index in [1.807, 2.05) is 0 Å². The van der Waals surface area contributed by atoms with Gasteiger partial charge in [0.15, 0.2) is 6.29 Å². The van der Waals surface area contributed by atoms with Crippen molar-refractivity contribution < 1.29 is 9.18 Å². The molecule has 0 unspecified atom stereocenters. The summed E-state index contributed by atoms with van der Waals surface area (Å²) < 4.78 is 12.9. The first kappa shape index (κ1) is 10.4. The van der Waals surface area contributed by atoms with Gasteiger partial charge in [-0.25, -0.2) is 14.4 Å². The first-order valence-corrected chi connectivity index (χ1v) is 4.74. The Labute approximate surface area is 92.0 Å². The number of halogens is 1. The summed E-state index contributed by atoms with van der Waals surface area (Å²) in [5.74, 6) is 0.220. The Morgan fingerprint density at radius 3 is 2.56 bits per heavy atom. The highest BCUT2D eigenvalue weighted by Gasteiger charge is 2.06. The highest BCUT2D eigenvalue weighted by molar-refractivity contribution is 5.87. The third-order valence-electron chi connectivity index (χ3n) is 2.23. The fourth-order valence-electron chi connectivity index (χ4n) is 1.43. The van der Waals surface area contributed by atoms with Gasteiger partial charge in [0.2, 0.25) is 0 Å². The molecule has 0 saturated carbocycles. The molecule has 0 spiro atoms. The fraction of sp³-hybridized carbons (Fsp3) is 0.0833. The van der Waals surface area contributed by atoms with Crippen LogP contribution in [0.15, 0.2) is 30.6 Å². The van der Waals surface area contributed by atoms with E-state index >= 15 is 0 Å². The van der Waals surface area contributed by atoms with E-state index in [1.54, 1.807) is 25.4 Å². The molecule has 0 aliphatic heterocycles. The van der Waals surface area contributed by atoms with Crippen LogP contribution in [0.25, 0.3) is 11.1 Å². The molecule has 0 atom stereocenters. The molecule has 0 aliphatic rings. The smallest absolute Gasteiger partial charge is 0.150 e. The second-order valence-electron chi connectivity index (χ2n) is 3.37. The minimum absolute atomic E-state index is 0.299. The fourth-order valence-corrected chi connectivity index (χ4v) is 1.43. The number of hydrogen-bond donors (Lipinski definition) is 0. The van der Waals surface area contributed by atoms with Crippen LogP contribution in [0.4, 0.5) is 4.39 Å². The molecule has 80 valence electrons. The van der Waals surface area contributed by atoms with E-state index in [0.29, 0.717) is 28.8 Å². The van der Waals surface area contributed by atoms with Crippen molar-refractivity contribution >= 4 is 6.29 Å². The van der Waals surface area contributed by atoms with Crippen molar-refractivity contribution in [2.75, 3.05) is 0 Å². The standard InChI is InChI=1S/C12H9FN2O/c1-8-14-5-10(6-15-8)12-3-2-11(13)4-9(12)7-16/h2-7H,1H3. The normalized spacial score (nSPS) is 10.1. The second-order valence-corrected chi connectivity index (χ2v) is 3.37. The number of carbonyl (C=O) groups excluding carboxylic acids is 1. The molecule has 0 amide bonds. The van der Waals surface area contributed by atoms with Gasteiger partial charge in [-0.2, -0.15) is 0 Å². The van der Waals surface area contributed by atoms with Crippen molar-refractivity contribution in [2.45, 2.75) is 6.92 Å². The SMILES string of the molecule is Cc1ncc(-c2ccc(F)cc2C=O)cn1. The first-order chi connectivity index (χ1) is 7.70. The second kappa shape index (κ2) is 4.18. The van der Waals surface area contributed by atoms with Crippen molar-refractivity contribution in [2.24, 2.45) is 0 Å². The van der Waals surface area contributed by atoms with Gasteiger partial charge in [0, 0.05) is 23.5 Å². The topological polar surface area (TPSA) is 42.9 Å². The third kappa shape index (κ3) is 1.95. The summed E-state index contributed by atoms with van der Waals surface area (Å²) in [5.41, 5.74) is 1.64. The van der Waals surface area contributed by atoms with Crippen molar-refractivity contribution in [3.05, 3.63) is 47.8 Å². The Hall–Kier alpha value is -2.10. The molecule has 1 aromatic carbocycles. The maximum atomic E-state index is 12.9. The predicted molar refractivity (Wildman–Crippen MR) is 57.6 cm³/mol. The largest absolute Gasteiger partial charge is 0.298 e. The Balaban J connectivity index is 2.55. The van der Waals surface area contributed by atoms with Crippen molar-refractivity contribution in [1.82, 2.24) is 9.97 Å². The van der Waals surface area contributed by atoms with Crippen LogP contribution in [-0.4, -0.2) is 16.3 Å². The van der Waals surface area contributed by atoms with E-state index in [-0.39, 0.29) is 0 Å². The summed E-state index contributed by atoms with van der Waals surface area (Å²) in [6, 6.07) is 4.05. The molecule has 0 N–H and O–H groups in total. The molecule has 16 heavy (non-hydrogen) atoms. The summed E-state index contributed by atoms with van der Waals surface area (Å²) in [4.78, 5) is 18.9. The number of hydrogen-bond acceptors (Lipinski definition) is 3. The first-order valence-electron chi connectivity index (χ1n) is 4.74. The molecule has 0 radical (unpaired) electrons. The molecular formula is C12H9FN2O. The van der Waals surface area contributed by atoms with Crippen molar-refractivity contribution in [1.29, 1.82) is 0 Å². The molecular weight excluding hydrogens is 207 g/mol. The Bertz CT molecular complexity index is 523. The van der Waals surface area contributed by atoms with Crippen LogP contribution in [0.5, 0.6) is 0 Å². The average molecular weight is 216 g/mol. The Morgan fingerprint density at radius 1 is 1.25 bits per heavy atom. The summed E-state index contributed by atoms with van der Waals surface area (Å²) in [6.45, 7) is 1.77. The summed E-state index contributed by atoms with van der Waals surface area (Å²) in [5, 5.41) is 0. The van der Waals surface area contributed by atoms with Crippen LogP contribution < -0.4 is 0 Å². The Morgan fingerprint density at radius 2 is 1.94 bits per heavy atom. The van der Waals surface area contributed by atoms with Gasteiger partial charge in [0.1, 0.15) is 11.6 Å². The highest BCUT2D eigenvalue weighted by Crippen LogP contribution is 2.22. The molecule has 1 aromatic heterocycles. The zero-order chi connectivity index (χ0) is 11.5. The number of benzene rings is 1. The minimum Gasteiger partial charge on any atom is -0.298 e. The molecule has 0 fully saturated rings. The lowest BCUT2D eigenvalue weighted by Crippen LogP contribution is -1.92. The van der Waals surface area contributed by atoms with Crippen LogP contribution in [0.3, 0.4) is 0 Å². The molecule has 4 heteroatoms. The van der Waals surface area contributed by atoms with Crippen molar-refractivity contribution in [3.8, 4) is 11.1 Å². The van der Waals surface area contributed by atoms with Crippen LogP contribution in [0.2, 0.25) is 0 Å². The van der Waals surface area contributed by atoms with Crippen LogP contribution in [0, 0.1) is 12.7 Å². The lowest BCUT2D eigenvalue weighted by molar-refractivity contribution is 0.112. The van der Waals surface area contributed by atoms with Crippen LogP contribution in [-0.2, 0) is 0 Å². The van der Waals surface area contributed by atoms with E-state index < -0.39 is 5.82 Å². The minimum atomic E-state index is -0.432. The van der Waals surface area contributed by atoms with Crippen molar-refractivity contribution in [3.63, 3.8) is 0 Å². The summed E-state index contributed by atoms with van der Waals surface area (Å²) in [6.07, 6.45) is 3.85. The lowest BCUT2D eigenvalue weighted by Gasteiger charge is -2.04. The number of aromatic nitrogens is 2. The van der Waals surface area contributed by atoms with Gasteiger partial charge in [-0.15, -0.1) is 0 Å².